The van der Waals surface area contributed by atoms with Crippen molar-refractivity contribution in [3.05, 3.63) is 23.3 Å². The van der Waals surface area contributed by atoms with Crippen LogP contribution in [0.5, 0.6) is 0 Å². The van der Waals surface area contributed by atoms with E-state index < -0.39 is 11.9 Å². The minimum absolute atomic E-state index is 0.259. The zero-order valence-electron chi connectivity index (χ0n) is 6.98. The highest BCUT2D eigenvalue weighted by Gasteiger charge is 2.14. The monoisotopic (exact) mass is 171 g/mol. The van der Waals surface area contributed by atoms with Crippen LogP contribution in [-0.4, -0.2) is 17.6 Å². The van der Waals surface area contributed by atoms with Gasteiger partial charge in [-0.15, -0.1) is 0 Å². The third kappa shape index (κ3) is 1.47. The molecule has 1 heterocycles. The predicted octanol–water partition coefficient (Wildman–Crippen LogP) is 1.64. The number of ether oxygens (including phenoxy) is 1. The predicted molar refractivity (Wildman–Crippen MR) is 41.4 cm³/mol. The van der Waals surface area contributed by atoms with E-state index in [1.54, 1.807) is 6.92 Å². The van der Waals surface area contributed by atoms with E-state index in [1.165, 1.54) is 13.1 Å². The third-order valence-corrected chi connectivity index (χ3v) is 1.57. The summed E-state index contributed by atoms with van der Waals surface area (Å²) in [6.07, 6.45) is 1.31. The van der Waals surface area contributed by atoms with Gasteiger partial charge in [0, 0.05) is 11.8 Å². The lowest BCUT2D eigenvalue weighted by Gasteiger charge is -1.98. The third-order valence-electron chi connectivity index (χ3n) is 1.57. The van der Waals surface area contributed by atoms with Gasteiger partial charge in [-0.2, -0.15) is 4.39 Å². The van der Waals surface area contributed by atoms with Crippen LogP contribution in [-0.2, 0) is 4.74 Å². The van der Waals surface area contributed by atoms with E-state index in [1.807, 2.05) is 0 Å². The number of rotatable bonds is 2. The number of carbonyl (C=O) groups excluding carboxylic acids is 1. The number of esters is 1. The van der Waals surface area contributed by atoms with Crippen LogP contribution in [0.1, 0.15) is 22.8 Å². The van der Waals surface area contributed by atoms with Crippen molar-refractivity contribution in [3.63, 3.8) is 0 Å². The standard InChI is InChI=1S/C8H10FNO2/c1-3-12-8(11)6-4-10-7(9)5(6)2/h4,10H,3H2,1-2H3. The molecule has 12 heavy (non-hydrogen) atoms. The smallest absolute Gasteiger partial charge is 0.340 e. The van der Waals surface area contributed by atoms with Gasteiger partial charge < -0.3 is 9.72 Å². The maximum Gasteiger partial charge on any atom is 0.340 e. The van der Waals surface area contributed by atoms with Crippen LogP contribution < -0.4 is 0 Å². The number of nitrogens with one attached hydrogen (secondary N) is 1. The molecule has 66 valence electrons. The summed E-state index contributed by atoms with van der Waals surface area (Å²) in [5.74, 6) is -0.979. The van der Waals surface area contributed by atoms with Gasteiger partial charge in [0.15, 0.2) is 5.95 Å². The number of halogens is 1. The molecule has 1 aromatic heterocycles. The first kappa shape index (κ1) is 8.77. The lowest BCUT2D eigenvalue weighted by atomic mass is 10.2. The molecule has 0 spiro atoms. The summed E-state index contributed by atoms with van der Waals surface area (Å²) >= 11 is 0. The quantitative estimate of drug-likeness (QED) is 0.687. The summed E-state index contributed by atoms with van der Waals surface area (Å²) in [6, 6.07) is 0. The summed E-state index contributed by atoms with van der Waals surface area (Å²) in [5.41, 5.74) is 0.558. The maximum atomic E-state index is 12.7. The molecular weight excluding hydrogens is 161 g/mol. The van der Waals surface area contributed by atoms with Crippen LogP contribution in [0.25, 0.3) is 0 Å². The average molecular weight is 171 g/mol. The largest absolute Gasteiger partial charge is 0.462 e. The van der Waals surface area contributed by atoms with Crippen LogP contribution in [0, 0.1) is 12.9 Å². The Balaban J connectivity index is 2.88. The van der Waals surface area contributed by atoms with Crippen molar-refractivity contribution in [3.8, 4) is 0 Å². The number of carbonyl (C=O) groups is 1. The number of aromatic nitrogens is 1. The molecule has 0 bridgehead atoms. The molecule has 0 saturated carbocycles. The van der Waals surface area contributed by atoms with Gasteiger partial charge in [-0.3, -0.25) is 0 Å². The van der Waals surface area contributed by atoms with Crippen molar-refractivity contribution < 1.29 is 13.9 Å². The molecule has 0 aliphatic carbocycles. The van der Waals surface area contributed by atoms with Gasteiger partial charge in [0.1, 0.15) is 0 Å². The van der Waals surface area contributed by atoms with Crippen molar-refractivity contribution in [1.29, 1.82) is 0 Å². The van der Waals surface area contributed by atoms with E-state index in [-0.39, 0.29) is 5.56 Å². The molecule has 0 atom stereocenters. The van der Waals surface area contributed by atoms with Crippen molar-refractivity contribution >= 4 is 5.97 Å². The molecule has 1 rings (SSSR count). The SMILES string of the molecule is CCOC(=O)c1c[nH]c(F)c1C. The molecule has 0 unspecified atom stereocenters. The maximum absolute atomic E-state index is 12.7. The Morgan fingerprint density at radius 3 is 2.83 bits per heavy atom. The van der Waals surface area contributed by atoms with E-state index in [2.05, 4.69) is 4.98 Å². The molecule has 0 aliphatic rings. The van der Waals surface area contributed by atoms with E-state index in [9.17, 15) is 9.18 Å². The van der Waals surface area contributed by atoms with Gasteiger partial charge in [-0.05, 0) is 13.8 Å². The zero-order valence-corrected chi connectivity index (χ0v) is 6.98. The number of hydrogen-bond acceptors (Lipinski definition) is 2. The van der Waals surface area contributed by atoms with Gasteiger partial charge in [0.25, 0.3) is 0 Å². The number of H-pyrrole nitrogens is 1. The van der Waals surface area contributed by atoms with Gasteiger partial charge in [0.05, 0.1) is 12.2 Å². The first-order chi connectivity index (χ1) is 5.66. The fraction of sp³-hybridized carbons (Fsp3) is 0.375. The van der Waals surface area contributed by atoms with E-state index in [0.29, 0.717) is 12.2 Å². The first-order valence-electron chi connectivity index (χ1n) is 3.67. The molecular formula is C8H10FNO2. The molecule has 4 heteroatoms. The van der Waals surface area contributed by atoms with Crippen molar-refractivity contribution in [2.24, 2.45) is 0 Å². The highest BCUT2D eigenvalue weighted by molar-refractivity contribution is 5.90. The lowest BCUT2D eigenvalue weighted by molar-refractivity contribution is 0.0525. The second-order valence-corrected chi connectivity index (χ2v) is 2.36. The molecule has 1 N–H and O–H groups in total. The van der Waals surface area contributed by atoms with Crippen LogP contribution in [0.15, 0.2) is 6.20 Å². The number of hydrogen-bond donors (Lipinski definition) is 1. The Bertz CT molecular complexity index is 293. The van der Waals surface area contributed by atoms with Crippen molar-refractivity contribution in [1.82, 2.24) is 4.98 Å². The van der Waals surface area contributed by atoms with E-state index in [0.717, 1.165) is 0 Å². The van der Waals surface area contributed by atoms with Crippen LogP contribution >= 0.6 is 0 Å². The number of aromatic amines is 1. The van der Waals surface area contributed by atoms with Crippen molar-refractivity contribution in [2.75, 3.05) is 6.61 Å². The highest BCUT2D eigenvalue weighted by Crippen LogP contribution is 2.11. The molecule has 0 amide bonds. The molecule has 0 saturated heterocycles. The zero-order chi connectivity index (χ0) is 9.14. The molecule has 0 aromatic carbocycles. The fourth-order valence-electron chi connectivity index (χ4n) is 0.891. The lowest BCUT2D eigenvalue weighted by Crippen LogP contribution is -2.04. The summed E-state index contributed by atoms with van der Waals surface area (Å²) in [4.78, 5) is 13.4. The molecule has 0 fully saturated rings. The van der Waals surface area contributed by atoms with Crippen LogP contribution in [0.4, 0.5) is 4.39 Å². The summed E-state index contributed by atoms with van der Waals surface area (Å²) < 4.78 is 17.4. The van der Waals surface area contributed by atoms with Crippen molar-refractivity contribution in [2.45, 2.75) is 13.8 Å². The summed E-state index contributed by atoms with van der Waals surface area (Å²) in [7, 11) is 0. The van der Waals surface area contributed by atoms with Crippen LogP contribution in [0.3, 0.4) is 0 Å². The Labute approximate surface area is 69.5 Å². The first-order valence-corrected chi connectivity index (χ1v) is 3.67. The van der Waals surface area contributed by atoms with E-state index in [4.69, 9.17) is 4.74 Å². The Morgan fingerprint density at radius 2 is 2.42 bits per heavy atom. The molecule has 1 aromatic rings. The van der Waals surface area contributed by atoms with Gasteiger partial charge in [-0.25, -0.2) is 4.79 Å². The second kappa shape index (κ2) is 3.38. The highest BCUT2D eigenvalue weighted by atomic mass is 19.1. The van der Waals surface area contributed by atoms with Gasteiger partial charge in [0.2, 0.25) is 0 Å². The fourth-order valence-corrected chi connectivity index (χ4v) is 0.891. The Morgan fingerprint density at radius 1 is 1.75 bits per heavy atom. The Hall–Kier alpha value is -1.32. The minimum atomic E-state index is -0.491. The van der Waals surface area contributed by atoms with Gasteiger partial charge in [-0.1, -0.05) is 0 Å². The Kier molecular flexibility index (Phi) is 2.47. The molecule has 3 nitrogen and oxygen atoms in total. The second-order valence-electron chi connectivity index (χ2n) is 2.36. The normalized spacial score (nSPS) is 9.92. The summed E-state index contributed by atoms with van der Waals surface area (Å²) in [5, 5.41) is 0. The van der Waals surface area contributed by atoms with E-state index >= 15 is 0 Å². The van der Waals surface area contributed by atoms with Gasteiger partial charge >= 0.3 is 5.97 Å². The topological polar surface area (TPSA) is 42.1 Å². The van der Waals surface area contributed by atoms with Crippen LogP contribution in [0.2, 0.25) is 0 Å². The summed E-state index contributed by atoms with van der Waals surface area (Å²) in [6.45, 7) is 3.53. The molecule has 0 radical (unpaired) electrons. The molecule has 0 aliphatic heterocycles. The minimum Gasteiger partial charge on any atom is -0.462 e. The average Bonchev–Trinajstić information content (AvgIpc) is 2.34.